The van der Waals surface area contributed by atoms with Gasteiger partial charge in [0.2, 0.25) is 19.4 Å². The van der Waals surface area contributed by atoms with Gasteiger partial charge < -0.3 is 9.47 Å². The Bertz CT molecular complexity index is 1470. The Morgan fingerprint density at radius 3 is 2.56 bits per heavy atom. The summed E-state index contributed by atoms with van der Waals surface area (Å²) in [6.07, 6.45) is 1.41. The molecular formula is C23H19ClN4O6S2. The molecule has 0 atom stereocenters. The van der Waals surface area contributed by atoms with Crippen LogP contribution in [-0.4, -0.2) is 53.0 Å². The third-order valence-electron chi connectivity index (χ3n) is 4.94. The van der Waals surface area contributed by atoms with E-state index in [0.29, 0.717) is 16.1 Å². The Kier molecular flexibility index (Phi) is 7.29. The van der Waals surface area contributed by atoms with Gasteiger partial charge in [-0.3, -0.25) is 10.2 Å². The first kappa shape index (κ1) is 25.6. The summed E-state index contributed by atoms with van der Waals surface area (Å²) in [7, 11) is -3.62. The number of sulfone groups is 1. The van der Waals surface area contributed by atoms with Crippen LogP contribution >= 0.6 is 23.4 Å². The van der Waals surface area contributed by atoms with Crippen LogP contribution in [-0.2, 0) is 14.6 Å². The number of carbonyl (C=O) groups excluding carboxylic acids is 2. The van der Waals surface area contributed by atoms with Gasteiger partial charge in [-0.2, -0.15) is 10.0 Å². The maximum atomic E-state index is 12.6. The zero-order chi connectivity index (χ0) is 26.0. The number of halogens is 1. The lowest BCUT2D eigenvalue weighted by Gasteiger charge is -2.20. The van der Waals surface area contributed by atoms with E-state index in [2.05, 4.69) is 10.1 Å². The van der Waals surface area contributed by atoms with Gasteiger partial charge in [0.1, 0.15) is 0 Å². The number of nitrogens with one attached hydrogen (secondary N) is 1. The molecule has 0 radical (unpaired) electrons. The van der Waals surface area contributed by atoms with Crippen molar-refractivity contribution in [3.05, 3.63) is 64.2 Å². The molecule has 1 N–H and O–H groups in total. The highest BCUT2D eigenvalue weighted by Gasteiger charge is 2.39. The molecule has 13 heteroatoms. The normalized spacial score (nSPS) is 16.5. The quantitative estimate of drug-likeness (QED) is 0.326. The summed E-state index contributed by atoms with van der Waals surface area (Å²) >= 11 is 6.59. The van der Waals surface area contributed by atoms with Crippen LogP contribution in [0.2, 0.25) is 5.02 Å². The Hall–Kier alpha value is -3.48. The van der Waals surface area contributed by atoms with E-state index in [4.69, 9.17) is 26.5 Å². The molecule has 0 unspecified atom stereocenters. The second-order valence-electron chi connectivity index (χ2n) is 7.32. The maximum Gasteiger partial charge on any atom is 0.343 e. The van der Waals surface area contributed by atoms with Crippen molar-refractivity contribution in [2.45, 2.75) is 13.8 Å². The smallest absolute Gasteiger partial charge is 0.343 e. The van der Waals surface area contributed by atoms with Gasteiger partial charge in [-0.25, -0.2) is 13.2 Å². The van der Waals surface area contributed by atoms with E-state index in [1.165, 1.54) is 31.2 Å². The van der Waals surface area contributed by atoms with Crippen LogP contribution in [0.25, 0.3) is 6.08 Å². The van der Waals surface area contributed by atoms with Crippen molar-refractivity contribution < 1.29 is 27.5 Å². The molecular weight excluding hydrogens is 528 g/mol. The van der Waals surface area contributed by atoms with Crippen molar-refractivity contribution in [3.8, 4) is 11.5 Å². The second-order valence-corrected chi connectivity index (χ2v) is 11.2. The summed E-state index contributed by atoms with van der Waals surface area (Å²) in [5.41, 5.74) is 0.678. The van der Waals surface area contributed by atoms with Gasteiger partial charge in [-0.05, 0) is 66.7 Å². The zero-order valence-corrected chi connectivity index (χ0v) is 21.4. The lowest BCUT2D eigenvalue weighted by Crippen LogP contribution is -2.35. The molecule has 2 heterocycles. The van der Waals surface area contributed by atoms with E-state index in [-0.39, 0.29) is 44.8 Å². The first-order valence-electron chi connectivity index (χ1n) is 10.6. The van der Waals surface area contributed by atoms with E-state index >= 15 is 0 Å². The minimum Gasteiger partial charge on any atom is -0.490 e. The number of amides is 1. The highest BCUT2D eigenvalue weighted by molar-refractivity contribution is 8.42. The number of hydrogen-bond donors (Lipinski definition) is 1. The van der Waals surface area contributed by atoms with Crippen molar-refractivity contribution >= 4 is 66.5 Å². The number of ether oxygens (including phenoxy) is 2. The van der Waals surface area contributed by atoms with E-state index in [0.717, 1.165) is 16.8 Å². The van der Waals surface area contributed by atoms with Crippen LogP contribution in [0.5, 0.6) is 11.5 Å². The number of nitrogens with zero attached hydrogens (tertiary/aromatic N) is 3. The number of aliphatic imine (C=N–C) groups is 1. The first-order valence-corrected chi connectivity index (χ1v) is 13.4. The molecule has 0 bridgehead atoms. The number of carbonyl (C=O) groups is 2. The van der Waals surface area contributed by atoms with Crippen LogP contribution in [0.15, 0.2) is 58.1 Å². The number of fused-ring (bicyclic) bond motifs is 1. The van der Waals surface area contributed by atoms with Gasteiger partial charge in [0.05, 0.1) is 23.5 Å². The van der Waals surface area contributed by atoms with E-state index in [1.807, 2.05) is 0 Å². The number of amidine groups is 2. The summed E-state index contributed by atoms with van der Waals surface area (Å²) in [6.45, 7) is 3.52. The molecule has 36 heavy (non-hydrogen) atoms. The fourth-order valence-electron chi connectivity index (χ4n) is 3.10. The predicted molar refractivity (Wildman–Crippen MR) is 138 cm³/mol. The van der Waals surface area contributed by atoms with Gasteiger partial charge in [-0.1, -0.05) is 24.6 Å². The standard InChI is InChI=1S/C23H19ClN4O6S2/c1-3-33-18-12-13(5-10-17(18)34-21(30)14-6-8-15(24)9-7-14)11-16-19(25)28-22(26-20(16)29)35-23(27-28)36(31,32)4-2/h5-12,25H,3-4H2,1-2H3. The van der Waals surface area contributed by atoms with Crippen LogP contribution in [0.1, 0.15) is 29.8 Å². The molecule has 0 saturated carbocycles. The molecule has 0 spiro atoms. The predicted octanol–water partition coefficient (Wildman–Crippen LogP) is 3.97. The summed E-state index contributed by atoms with van der Waals surface area (Å²) in [5, 5.41) is 13.9. The van der Waals surface area contributed by atoms with E-state index in [1.54, 1.807) is 31.2 Å². The van der Waals surface area contributed by atoms with Crippen molar-refractivity contribution in [1.82, 2.24) is 5.01 Å². The average Bonchev–Trinajstić information content (AvgIpc) is 3.29. The van der Waals surface area contributed by atoms with E-state index < -0.39 is 21.7 Å². The van der Waals surface area contributed by atoms with Gasteiger partial charge in [0.25, 0.3) is 5.91 Å². The van der Waals surface area contributed by atoms with Gasteiger partial charge in [-0.15, -0.1) is 5.10 Å². The molecule has 2 aliphatic rings. The average molecular weight is 547 g/mol. The monoisotopic (exact) mass is 546 g/mol. The number of thioether (sulfide) groups is 1. The number of hydrogen-bond acceptors (Lipinski definition) is 9. The summed E-state index contributed by atoms with van der Waals surface area (Å²) < 4.78 is 35.2. The first-order chi connectivity index (χ1) is 17.1. The zero-order valence-electron chi connectivity index (χ0n) is 19.0. The Morgan fingerprint density at radius 2 is 1.89 bits per heavy atom. The molecule has 2 aliphatic heterocycles. The summed E-state index contributed by atoms with van der Waals surface area (Å²) in [5.74, 6) is -1.38. The number of rotatable bonds is 6. The third-order valence-corrected chi connectivity index (χ3v) is 8.28. The highest BCUT2D eigenvalue weighted by atomic mass is 35.5. The van der Waals surface area contributed by atoms with Gasteiger partial charge in [0, 0.05) is 5.02 Å². The van der Waals surface area contributed by atoms with Crippen LogP contribution in [0.3, 0.4) is 0 Å². The molecule has 4 rings (SSSR count). The number of esters is 1. The Morgan fingerprint density at radius 1 is 1.17 bits per heavy atom. The molecule has 2 aromatic rings. The molecule has 0 aromatic heterocycles. The summed E-state index contributed by atoms with van der Waals surface area (Å²) in [6, 6.07) is 10.9. The lowest BCUT2D eigenvalue weighted by molar-refractivity contribution is -0.114. The molecule has 0 fully saturated rings. The molecule has 10 nitrogen and oxygen atoms in total. The SMILES string of the molecule is CCOc1cc(C=C2C(=N)N3N=C(S(=O)(=O)CC)SC3=NC2=O)ccc1OC(=O)c1ccc(Cl)cc1. The fourth-order valence-corrected chi connectivity index (χ4v) is 5.39. The molecule has 0 aliphatic carbocycles. The van der Waals surface area contributed by atoms with Crippen molar-refractivity contribution in [2.75, 3.05) is 12.4 Å². The van der Waals surface area contributed by atoms with Crippen LogP contribution < -0.4 is 9.47 Å². The minimum atomic E-state index is -3.62. The van der Waals surface area contributed by atoms with Crippen LogP contribution in [0, 0.1) is 5.41 Å². The number of benzene rings is 2. The van der Waals surface area contributed by atoms with Gasteiger partial charge in [0.15, 0.2) is 17.3 Å². The molecule has 1 amide bonds. The van der Waals surface area contributed by atoms with Crippen LogP contribution in [0.4, 0.5) is 0 Å². The minimum absolute atomic E-state index is 0.00800. The summed E-state index contributed by atoms with van der Waals surface area (Å²) in [4.78, 5) is 29.0. The highest BCUT2D eigenvalue weighted by Crippen LogP contribution is 2.33. The van der Waals surface area contributed by atoms with E-state index in [9.17, 15) is 18.0 Å². The van der Waals surface area contributed by atoms with Crippen molar-refractivity contribution in [3.63, 3.8) is 0 Å². The Balaban J connectivity index is 1.62. The lowest BCUT2D eigenvalue weighted by atomic mass is 10.1. The third kappa shape index (κ3) is 5.20. The van der Waals surface area contributed by atoms with Crippen molar-refractivity contribution in [2.24, 2.45) is 10.1 Å². The van der Waals surface area contributed by atoms with Crippen molar-refractivity contribution in [1.29, 1.82) is 5.41 Å². The van der Waals surface area contributed by atoms with Gasteiger partial charge >= 0.3 is 5.97 Å². The fraction of sp³-hybridized carbons (Fsp3) is 0.174. The molecule has 2 aromatic carbocycles. The second kappa shape index (κ2) is 10.2. The number of hydrazone groups is 1. The largest absolute Gasteiger partial charge is 0.490 e. The Labute approximate surface area is 216 Å². The maximum absolute atomic E-state index is 12.6. The molecule has 186 valence electrons. The molecule has 0 saturated heterocycles. The topological polar surface area (TPSA) is 139 Å².